The third-order valence-corrected chi connectivity index (χ3v) is 1.53. The molecular weight excluding hydrogens is 180 g/mol. The third kappa shape index (κ3) is 3.66. The Bertz CT molecular complexity index is 303. The fraction of sp³-hybridized carbons (Fsp3) is 0.222. The van der Waals surface area contributed by atoms with Gasteiger partial charge in [-0.1, -0.05) is 17.7 Å². The molecule has 0 fully saturated rings. The molecule has 0 unspecified atom stereocenters. The minimum Gasteiger partial charge on any atom is -0.472 e. The first-order valence-corrected chi connectivity index (χ1v) is 4.19. The molecule has 0 saturated carbocycles. The van der Waals surface area contributed by atoms with Gasteiger partial charge in [0.05, 0.1) is 0 Å². The van der Waals surface area contributed by atoms with Crippen molar-refractivity contribution in [1.82, 2.24) is 5.43 Å². The number of ether oxygens (including phenoxy) is 1. The highest BCUT2D eigenvalue weighted by Crippen LogP contribution is 2.10. The number of rotatable bonds is 4. The van der Waals surface area contributed by atoms with Gasteiger partial charge in [0.2, 0.25) is 5.96 Å². The highest BCUT2D eigenvalue weighted by atomic mass is 16.5. The number of hydrazone groups is 1. The summed E-state index contributed by atoms with van der Waals surface area (Å²) in [5, 5.41) is 3.55. The number of nitrogens with two attached hydrogens (primary N) is 2. The van der Waals surface area contributed by atoms with Gasteiger partial charge in [-0.15, -0.1) is 5.10 Å². The molecule has 0 aliphatic heterocycles. The second-order valence-corrected chi connectivity index (χ2v) is 2.80. The summed E-state index contributed by atoms with van der Waals surface area (Å²) in [4.78, 5) is 0. The second kappa shape index (κ2) is 4.96. The smallest absolute Gasteiger partial charge is 0.208 e. The van der Waals surface area contributed by atoms with Crippen LogP contribution in [0.4, 0.5) is 0 Å². The first kappa shape index (κ1) is 10.2. The van der Waals surface area contributed by atoms with Gasteiger partial charge in [0.1, 0.15) is 5.75 Å². The number of hydrogen-bond donors (Lipinski definition) is 3. The van der Waals surface area contributed by atoms with E-state index in [2.05, 4.69) is 10.5 Å². The van der Waals surface area contributed by atoms with E-state index in [9.17, 15) is 0 Å². The predicted octanol–water partition coefficient (Wildman–Crippen LogP) is 0.109. The number of nitrogens with zero attached hydrogens (tertiary/aromatic N) is 1. The van der Waals surface area contributed by atoms with Gasteiger partial charge >= 0.3 is 0 Å². The maximum absolute atomic E-state index is 5.28. The zero-order chi connectivity index (χ0) is 10.4. The van der Waals surface area contributed by atoms with Crippen LogP contribution in [0.25, 0.3) is 0 Å². The van der Waals surface area contributed by atoms with Gasteiger partial charge in [0, 0.05) is 0 Å². The highest BCUT2D eigenvalue weighted by Gasteiger charge is 1.90. The Hall–Kier alpha value is -1.91. The van der Waals surface area contributed by atoms with Crippen molar-refractivity contribution >= 4 is 5.96 Å². The molecule has 14 heavy (non-hydrogen) atoms. The number of guanidine groups is 1. The van der Waals surface area contributed by atoms with E-state index in [4.69, 9.17) is 16.2 Å². The number of hydrogen-bond acceptors (Lipinski definition) is 3. The fourth-order valence-electron chi connectivity index (χ4n) is 0.874. The van der Waals surface area contributed by atoms with E-state index < -0.39 is 0 Å². The average Bonchev–Trinajstić information content (AvgIpc) is 2.15. The largest absolute Gasteiger partial charge is 0.472 e. The van der Waals surface area contributed by atoms with Crippen LogP contribution >= 0.6 is 0 Å². The Labute approximate surface area is 82.7 Å². The van der Waals surface area contributed by atoms with Crippen LogP contribution in [0.1, 0.15) is 5.56 Å². The van der Waals surface area contributed by atoms with Crippen LogP contribution in [0.15, 0.2) is 29.4 Å². The maximum atomic E-state index is 5.28. The molecule has 0 aliphatic carbocycles. The molecule has 1 aromatic rings. The van der Waals surface area contributed by atoms with Crippen LogP contribution in [0.2, 0.25) is 0 Å². The molecule has 1 aromatic carbocycles. The molecule has 5 heteroatoms. The lowest BCUT2D eigenvalue weighted by molar-refractivity contribution is 0.287. The fourth-order valence-corrected chi connectivity index (χ4v) is 0.874. The minimum absolute atomic E-state index is 0.0162. The van der Waals surface area contributed by atoms with Gasteiger partial charge in [-0.05, 0) is 19.1 Å². The van der Waals surface area contributed by atoms with Crippen molar-refractivity contribution in [3.05, 3.63) is 29.8 Å². The molecule has 0 spiro atoms. The Kier molecular flexibility index (Phi) is 3.60. The first-order chi connectivity index (χ1) is 6.68. The second-order valence-electron chi connectivity index (χ2n) is 2.80. The zero-order valence-corrected chi connectivity index (χ0v) is 8.03. The first-order valence-electron chi connectivity index (χ1n) is 4.19. The maximum Gasteiger partial charge on any atom is 0.208 e. The molecule has 0 saturated heterocycles. The van der Waals surface area contributed by atoms with E-state index in [1.54, 1.807) is 0 Å². The van der Waals surface area contributed by atoms with E-state index in [1.165, 1.54) is 5.56 Å². The number of aryl methyl sites for hydroxylation is 1. The molecule has 0 aliphatic rings. The lowest BCUT2D eigenvalue weighted by atomic mass is 10.2. The van der Waals surface area contributed by atoms with E-state index >= 15 is 0 Å². The highest BCUT2D eigenvalue weighted by molar-refractivity contribution is 5.75. The molecule has 0 heterocycles. The van der Waals surface area contributed by atoms with Gasteiger partial charge in [0.15, 0.2) is 6.73 Å². The summed E-state index contributed by atoms with van der Waals surface area (Å²) in [5.41, 5.74) is 14.0. The molecule has 5 N–H and O–H groups in total. The molecule has 0 atom stereocenters. The molecule has 76 valence electrons. The van der Waals surface area contributed by atoms with E-state index in [-0.39, 0.29) is 12.7 Å². The quantitative estimate of drug-likeness (QED) is 0.209. The number of nitrogens with one attached hydrogen (secondary N) is 1. The summed E-state index contributed by atoms with van der Waals surface area (Å²) in [6.45, 7) is 2.25. The van der Waals surface area contributed by atoms with Gasteiger partial charge in [0.25, 0.3) is 0 Å². The minimum atomic E-state index is -0.0162. The topological polar surface area (TPSA) is 85.7 Å². The van der Waals surface area contributed by atoms with Crippen LogP contribution in [0.3, 0.4) is 0 Å². The Balaban J connectivity index is 2.32. The van der Waals surface area contributed by atoms with Crippen molar-refractivity contribution in [1.29, 1.82) is 0 Å². The molecule has 0 bridgehead atoms. The average molecular weight is 194 g/mol. The van der Waals surface area contributed by atoms with Crippen LogP contribution in [-0.2, 0) is 0 Å². The van der Waals surface area contributed by atoms with Crippen molar-refractivity contribution in [3.8, 4) is 5.75 Å². The molecule has 0 radical (unpaired) electrons. The normalized spacial score (nSPS) is 9.21. The summed E-state index contributed by atoms with van der Waals surface area (Å²) in [6.07, 6.45) is 0. The van der Waals surface area contributed by atoms with E-state index in [0.717, 1.165) is 5.75 Å². The molecule has 1 rings (SSSR count). The summed E-state index contributed by atoms with van der Waals surface area (Å²) < 4.78 is 5.28. The van der Waals surface area contributed by atoms with Gasteiger partial charge < -0.3 is 16.2 Å². The molecule has 0 aromatic heterocycles. The van der Waals surface area contributed by atoms with Crippen LogP contribution in [0.5, 0.6) is 5.75 Å². The summed E-state index contributed by atoms with van der Waals surface area (Å²) >= 11 is 0. The molecule has 5 nitrogen and oxygen atoms in total. The lowest BCUT2D eigenvalue weighted by Crippen LogP contribution is -2.27. The SMILES string of the molecule is Cc1ccc(OCNN=C(N)N)cc1. The Morgan fingerprint density at radius 1 is 1.36 bits per heavy atom. The van der Waals surface area contributed by atoms with Gasteiger partial charge in [-0.2, -0.15) is 0 Å². The summed E-state index contributed by atoms with van der Waals surface area (Å²) in [5.74, 6) is 0.756. The van der Waals surface area contributed by atoms with Gasteiger partial charge in [-0.25, -0.2) is 0 Å². The van der Waals surface area contributed by atoms with E-state index in [1.807, 2.05) is 31.2 Å². The Morgan fingerprint density at radius 3 is 2.57 bits per heavy atom. The Morgan fingerprint density at radius 2 is 2.00 bits per heavy atom. The standard InChI is InChI=1S/C9H14N4O/c1-7-2-4-8(5-3-7)14-6-12-13-9(10)11/h2-5,12H,6H2,1H3,(H4,10,11,13). The zero-order valence-electron chi connectivity index (χ0n) is 8.03. The monoisotopic (exact) mass is 194 g/mol. The molecule has 0 amide bonds. The van der Waals surface area contributed by atoms with Crippen LogP contribution in [0, 0.1) is 6.92 Å². The summed E-state index contributed by atoms with van der Waals surface area (Å²) in [7, 11) is 0. The van der Waals surface area contributed by atoms with Crippen molar-refractivity contribution in [3.63, 3.8) is 0 Å². The number of benzene rings is 1. The van der Waals surface area contributed by atoms with Crippen LogP contribution in [-0.4, -0.2) is 12.7 Å². The third-order valence-electron chi connectivity index (χ3n) is 1.53. The van der Waals surface area contributed by atoms with Crippen molar-refractivity contribution in [2.45, 2.75) is 6.92 Å². The van der Waals surface area contributed by atoms with Crippen molar-refractivity contribution in [2.24, 2.45) is 16.6 Å². The van der Waals surface area contributed by atoms with E-state index in [0.29, 0.717) is 0 Å². The lowest BCUT2D eigenvalue weighted by Gasteiger charge is -2.05. The predicted molar refractivity (Wildman–Crippen MR) is 55.6 cm³/mol. The van der Waals surface area contributed by atoms with Crippen LogP contribution < -0.4 is 21.6 Å². The summed E-state index contributed by atoms with van der Waals surface area (Å²) in [6, 6.07) is 7.70. The van der Waals surface area contributed by atoms with Gasteiger partial charge in [-0.3, -0.25) is 5.43 Å². The van der Waals surface area contributed by atoms with Crippen molar-refractivity contribution in [2.75, 3.05) is 6.73 Å². The van der Waals surface area contributed by atoms with Crippen molar-refractivity contribution < 1.29 is 4.74 Å². The molecular formula is C9H14N4O.